The minimum Gasteiger partial charge on any atom is -0.394 e. The van der Waals surface area contributed by atoms with Crippen molar-refractivity contribution >= 4 is 10.0 Å². The highest BCUT2D eigenvalue weighted by Gasteiger charge is 2.21. The van der Waals surface area contributed by atoms with Crippen LogP contribution < -0.4 is 4.72 Å². The Labute approximate surface area is 123 Å². The van der Waals surface area contributed by atoms with Crippen molar-refractivity contribution in [2.75, 3.05) is 6.61 Å². The van der Waals surface area contributed by atoms with Gasteiger partial charge in [0, 0.05) is 0 Å². The average Bonchev–Trinajstić information content (AvgIpc) is 2.53. The molecule has 2 aromatic rings. The Morgan fingerprint density at radius 1 is 1.14 bits per heavy atom. The monoisotopic (exact) mass is 302 g/mol. The van der Waals surface area contributed by atoms with Crippen LogP contribution in [0.25, 0.3) is 0 Å². The van der Waals surface area contributed by atoms with Crippen molar-refractivity contribution < 1.29 is 13.5 Å². The lowest BCUT2D eigenvalue weighted by molar-refractivity contribution is 0.259. The molecule has 0 radical (unpaired) electrons. The van der Waals surface area contributed by atoms with Crippen molar-refractivity contribution in [1.29, 1.82) is 5.26 Å². The summed E-state index contributed by atoms with van der Waals surface area (Å²) in [5.74, 6) is 0. The van der Waals surface area contributed by atoms with Gasteiger partial charge in [-0.05, 0) is 23.8 Å². The van der Waals surface area contributed by atoms with Gasteiger partial charge in [-0.1, -0.05) is 36.4 Å². The molecular weight excluding hydrogens is 288 g/mol. The highest BCUT2D eigenvalue weighted by molar-refractivity contribution is 7.89. The predicted octanol–water partition coefficient (Wildman–Crippen LogP) is 1.57. The fraction of sp³-hybridized carbons (Fsp3) is 0.133. The van der Waals surface area contributed by atoms with Crippen LogP contribution in [0.3, 0.4) is 0 Å². The van der Waals surface area contributed by atoms with Gasteiger partial charge < -0.3 is 5.11 Å². The van der Waals surface area contributed by atoms with Crippen LogP contribution in [-0.4, -0.2) is 20.1 Å². The molecule has 1 unspecified atom stereocenters. The van der Waals surface area contributed by atoms with Crippen LogP contribution in [0.15, 0.2) is 59.5 Å². The first-order valence-corrected chi connectivity index (χ1v) is 7.73. The molecular formula is C15H14N2O3S. The lowest BCUT2D eigenvalue weighted by atomic mass is 10.1. The van der Waals surface area contributed by atoms with Gasteiger partial charge in [0.05, 0.1) is 29.2 Å². The zero-order valence-corrected chi connectivity index (χ0v) is 11.9. The lowest BCUT2D eigenvalue weighted by Crippen LogP contribution is -2.30. The average molecular weight is 302 g/mol. The molecule has 0 spiro atoms. The fourth-order valence-electron chi connectivity index (χ4n) is 1.88. The molecule has 21 heavy (non-hydrogen) atoms. The third-order valence-electron chi connectivity index (χ3n) is 2.96. The molecule has 0 heterocycles. The number of benzene rings is 2. The summed E-state index contributed by atoms with van der Waals surface area (Å²) in [5.41, 5.74) is 0.929. The molecule has 0 aliphatic carbocycles. The molecule has 2 rings (SSSR count). The Kier molecular flexibility index (Phi) is 4.70. The Morgan fingerprint density at radius 3 is 2.48 bits per heavy atom. The Bertz CT molecular complexity index is 752. The fourth-order valence-corrected chi connectivity index (χ4v) is 3.15. The molecule has 108 valence electrons. The minimum absolute atomic E-state index is 0.00377. The van der Waals surface area contributed by atoms with E-state index >= 15 is 0 Å². The van der Waals surface area contributed by atoms with Crippen LogP contribution in [-0.2, 0) is 10.0 Å². The second-order valence-electron chi connectivity index (χ2n) is 4.41. The first kappa shape index (κ1) is 15.2. The SMILES string of the molecule is N#Cc1cccc(S(=O)(=O)NC(CO)c2ccccc2)c1. The summed E-state index contributed by atoms with van der Waals surface area (Å²) in [5, 5.41) is 18.2. The molecule has 2 N–H and O–H groups in total. The maximum Gasteiger partial charge on any atom is 0.241 e. The molecule has 0 saturated heterocycles. The van der Waals surface area contributed by atoms with E-state index in [9.17, 15) is 13.5 Å². The van der Waals surface area contributed by atoms with Gasteiger partial charge >= 0.3 is 0 Å². The van der Waals surface area contributed by atoms with Gasteiger partial charge in [-0.2, -0.15) is 5.26 Å². The van der Waals surface area contributed by atoms with E-state index in [-0.39, 0.29) is 17.1 Å². The molecule has 0 aromatic heterocycles. The Balaban J connectivity index is 2.30. The molecule has 0 bridgehead atoms. The van der Waals surface area contributed by atoms with E-state index in [0.717, 1.165) is 0 Å². The minimum atomic E-state index is -3.81. The molecule has 0 amide bonds. The van der Waals surface area contributed by atoms with Crippen LogP contribution in [0.5, 0.6) is 0 Å². The van der Waals surface area contributed by atoms with Crippen LogP contribution >= 0.6 is 0 Å². The summed E-state index contributed by atoms with van der Waals surface area (Å²) < 4.78 is 27.1. The standard InChI is InChI=1S/C15H14N2O3S/c16-10-12-5-4-8-14(9-12)21(19,20)17-15(11-18)13-6-2-1-3-7-13/h1-9,15,17-18H,11H2. The van der Waals surface area contributed by atoms with Crippen LogP contribution in [0.1, 0.15) is 17.2 Å². The molecule has 5 nitrogen and oxygen atoms in total. The van der Waals surface area contributed by atoms with Gasteiger partial charge in [-0.25, -0.2) is 13.1 Å². The van der Waals surface area contributed by atoms with E-state index in [1.807, 2.05) is 12.1 Å². The normalized spacial score (nSPS) is 12.6. The Hall–Kier alpha value is -2.20. The molecule has 0 fully saturated rings. The summed E-state index contributed by atoms with van der Waals surface area (Å²) in [7, 11) is -3.81. The highest BCUT2D eigenvalue weighted by Crippen LogP contribution is 2.17. The smallest absolute Gasteiger partial charge is 0.241 e. The number of sulfonamides is 1. The summed E-state index contributed by atoms with van der Waals surface area (Å²) in [6.07, 6.45) is 0. The predicted molar refractivity (Wildman–Crippen MR) is 77.7 cm³/mol. The number of nitrogens with zero attached hydrogens (tertiary/aromatic N) is 1. The number of aliphatic hydroxyl groups excluding tert-OH is 1. The van der Waals surface area contributed by atoms with Gasteiger partial charge in [0.1, 0.15) is 0 Å². The zero-order valence-electron chi connectivity index (χ0n) is 11.1. The van der Waals surface area contributed by atoms with Crippen molar-refractivity contribution in [3.63, 3.8) is 0 Å². The molecule has 0 aliphatic rings. The van der Waals surface area contributed by atoms with E-state index < -0.39 is 16.1 Å². The number of rotatable bonds is 5. The molecule has 0 aliphatic heterocycles. The molecule has 6 heteroatoms. The van der Waals surface area contributed by atoms with Crippen LogP contribution in [0.2, 0.25) is 0 Å². The van der Waals surface area contributed by atoms with Crippen molar-refractivity contribution in [3.8, 4) is 6.07 Å². The van der Waals surface area contributed by atoms with Gasteiger partial charge in [-0.3, -0.25) is 0 Å². The zero-order chi connectivity index (χ0) is 15.3. The number of hydrogen-bond acceptors (Lipinski definition) is 4. The summed E-state index contributed by atoms with van der Waals surface area (Å²) in [6, 6.07) is 15.7. The Morgan fingerprint density at radius 2 is 1.86 bits per heavy atom. The van der Waals surface area contributed by atoms with E-state index in [2.05, 4.69) is 4.72 Å². The summed E-state index contributed by atoms with van der Waals surface area (Å²) >= 11 is 0. The quantitative estimate of drug-likeness (QED) is 0.877. The van der Waals surface area contributed by atoms with Crippen LogP contribution in [0.4, 0.5) is 0 Å². The number of nitriles is 1. The molecule has 0 saturated carbocycles. The first-order chi connectivity index (χ1) is 10.1. The van der Waals surface area contributed by atoms with Crippen molar-refractivity contribution in [1.82, 2.24) is 4.72 Å². The maximum atomic E-state index is 12.3. The third kappa shape index (κ3) is 3.67. The van der Waals surface area contributed by atoms with Crippen LogP contribution in [0, 0.1) is 11.3 Å². The van der Waals surface area contributed by atoms with E-state index in [4.69, 9.17) is 5.26 Å². The van der Waals surface area contributed by atoms with E-state index in [0.29, 0.717) is 5.56 Å². The lowest BCUT2D eigenvalue weighted by Gasteiger charge is -2.17. The largest absolute Gasteiger partial charge is 0.394 e. The number of nitrogens with one attached hydrogen (secondary N) is 1. The van der Waals surface area contributed by atoms with Crippen molar-refractivity contribution in [2.45, 2.75) is 10.9 Å². The molecule has 1 atom stereocenters. The number of aliphatic hydroxyl groups is 1. The number of hydrogen-bond donors (Lipinski definition) is 2. The van der Waals surface area contributed by atoms with E-state index in [1.54, 1.807) is 24.3 Å². The van der Waals surface area contributed by atoms with Gasteiger partial charge in [0.15, 0.2) is 0 Å². The maximum absolute atomic E-state index is 12.3. The topological polar surface area (TPSA) is 90.2 Å². The molecule has 2 aromatic carbocycles. The summed E-state index contributed by atoms with van der Waals surface area (Å²) in [6.45, 7) is -0.360. The van der Waals surface area contributed by atoms with Crippen molar-refractivity contribution in [2.24, 2.45) is 0 Å². The summed E-state index contributed by atoms with van der Waals surface area (Å²) in [4.78, 5) is -0.00377. The first-order valence-electron chi connectivity index (χ1n) is 6.25. The third-order valence-corrected chi connectivity index (χ3v) is 4.42. The van der Waals surface area contributed by atoms with Gasteiger partial charge in [-0.15, -0.1) is 0 Å². The van der Waals surface area contributed by atoms with Gasteiger partial charge in [0.2, 0.25) is 10.0 Å². The second kappa shape index (κ2) is 6.50. The van der Waals surface area contributed by atoms with Crippen molar-refractivity contribution in [3.05, 3.63) is 65.7 Å². The second-order valence-corrected chi connectivity index (χ2v) is 6.12. The van der Waals surface area contributed by atoms with Gasteiger partial charge in [0.25, 0.3) is 0 Å². The highest BCUT2D eigenvalue weighted by atomic mass is 32.2. The van der Waals surface area contributed by atoms with E-state index in [1.165, 1.54) is 24.3 Å².